The van der Waals surface area contributed by atoms with Crippen LogP contribution in [0.3, 0.4) is 0 Å². The molecule has 0 aromatic heterocycles. The molecule has 0 heterocycles. The van der Waals surface area contributed by atoms with E-state index in [0.717, 1.165) is 24.8 Å². The summed E-state index contributed by atoms with van der Waals surface area (Å²) in [6.45, 7) is 0. The van der Waals surface area contributed by atoms with Crippen molar-refractivity contribution in [3.8, 4) is 0 Å². The van der Waals surface area contributed by atoms with Gasteiger partial charge in [0, 0.05) is 5.54 Å². The van der Waals surface area contributed by atoms with E-state index in [0.29, 0.717) is 17.8 Å². The third-order valence-electron chi connectivity index (χ3n) is 6.58. The Labute approximate surface area is 182 Å². The van der Waals surface area contributed by atoms with Crippen molar-refractivity contribution >= 4 is 40.8 Å². The molecule has 7 heteroatoms. The van der Waals surface area contributed by atoms with Crippen LogP contribution in [0.25, 0.3) is 6.08 Å². The summed E-state index contributed by atoms with van der Waals surface area (Å²) in [6.07, 6.45) is 10.1. The van der Waals surface area contributed by atoms with Crippen LogP contribution in [0.4, 0.5) is 0 Å². The van der Waals surface area contributed by atoms with Crippen molar-refractivity contribution < 1.29 is 9.59 Å². The van der Waals surface area contributed by atoms with Gasteiger partial charge in [0.1, 0.15) is 5.71 Å². The summed E-state index contributed by atoms with van der Waals surface area (Å²) in [5, 5.41) is 7.27. The van der Waals surface area contributed by atoms with Gasteiger partial charge in [-0.15, -0.1) is 0 Å². The van der Waals surface area contributed by atoms with E-state index in [1.807, 2.05) is 30.3 Å². The number of carbonyl (C=O) groups is 2. The topological polar surface area (TPSA) is 96.6 Å². The van der Waals surface area contributed by atoms with Gasteiger partial charge in [0.05, 0.1) is 6.42 Å². The quantitative estimate of drug-likeness (QED) is 0.271. The van der Waals surface area contributed by atoms with Crippen LogP contribution in [0.1, 0.15) is 50.5 Å². The Morgan fingerprint density at radius 2 is 1.70 bits per heavy atom. The molecule has 4 fully saturated rings. The van der Waals surface area contributed by atoms with E-state index in [2.05, 4.69) is 15.8 Å². The summed E-state index contributed by atoms with van der Waals surface area (Å²) in [7, 11) is 0. The standard InChI is InChI=1S/C23H28N4O2S/c24-22(30)27-26-20(11-19(28)7-6-15-4-2-1-3-5-15)21(29)25-23-12-16-8-17(13-23)10-18(9-16)14-23/h1-7,16-18H,8-14H2,(H,25,29)(H3,24,27,30). The van der Waals surface area contributed by atoms with E-state index in [9.17, 15) is 9.59 Å². The van der Waals surface area contributed by atoms with Crippen molar-refractivity contribution in [3.05, 3.63) is 42.0 Å². The normalized spacial score (nSPS) is 29.7. The molecule has 1 aromatic carbocycles. The molecular weight excluding hydrogens is 396 g/mol. The van der Waals surface area contributed by atoms with Crippen molar-refractivity contribution in [3.63, 3.8) is 0 Å². The Hall–Kier alpha value is -2.54. The molecule has 1 aromatic rings. The Morgan fingerprint density at radius 3 is 2.27 bits per heavy atom. The first-order chi connectivity index (χ1) is 14.4. The number of ketones is 1. The van der Waals surface area contributed by atoms with Gasteiger partial charge < -0.3 is 11.1 Å². The molecule has 4 bridgehead atoms. The van der Waals surface area contributed by atoms with E-state index < -0.39 is 0 Å². The first-order valence-electron chi connectivity index (χ1n) is 10.6. The number of allylic oxidation sites excluding steroid dienone is 1. The number of carbonyl (C=O) groups excluding carboxylic acids is 2. The number of nitrogens with two attached hydrogens (primary N) is 1. The molecule has 30 heavy (non-hydrogen) atoms. The first kappa shape index (κ1) is 20.7. The Morgan fingerprint density at radius 1 is 1.10 bits per heavy atom. The Kier molecular flexibility index (Phi) is 5.99. The number of hydrogen-bond acceptors (Lipinski definition) is 4. The maximum absolute atomic E-state index is 13.1. The highest BCUT2D eigenvalue weighted by molar-refractivity contribution is 7.80. The van der Waals surface area contributed by atoms with Crippen LogP contribution in [-0.2, 0) is 9.59 Å². The van der Waals surface area contributed by atoms with Crippen LogP contribution in [-0.4, -0.2) is 28.1 Å². The summed E-state index contributed by atoms with van der Waals surface area (Å²) in [5.74, 6) is 1.62. The molecule has 0 spiro atoms. The largest absolute Gasteiger partial charge is 0.375 e. The van der Waals surface area contributed by atoms with Crippen molar-refractivity contribution in [2.24, 2.45) is 28.6 Å². The molecule has 1 amide bonds. The van der Waals surface area contributed by atoms with Gasteiger partial charge in [0.15, 0.2) is 10.9 Å². The Bertz CT molecular complexity index is 858. The molecule has 4 N–H and O–H groups in total. The second kappa shape index (κ2) is 8.68. The van der Waals surface area contributed by atoms with Crippen molar-refractivity contribution in [1.29, 1.82) is 0 Å². The lowest BCUT2D eigenvalue weighted by Crippen LogP contribution is -2.61. The lowest BCUT2D eigenvalue weighted by molar-refractivity contribution is -0.121. The zero-order valence-electron chi connectivity index (χ0n) is 17.0. The fourth-order valence-electron chi connectivity index (χ4n) is 5.85. The summed E-state index contributed by atoms with van der Waals surface area (Å²) in [6, 6.07) is 9.55. The minimum Gasteiger partial charge on any atom is -0.375 e. The second-order valence-electron chi connectivity index (χ2n) is 9.07. The monoisotopic (exact) mass is 424 g/mol. The van der Waals surface area contributed by atoms with E-state index in [-0.39, 0.29) is 34.5 Å². The molecule has 0 atom stereocenters. The van der Waals surface area contributed by atoms with Gasteiger partial charge in [-0.25, -0.2) is 0 Å². The predicted molar refractivity (Wildman–Crippen MR) is 122 cm³/mol. The molecule has 4 aliphatic carbocycles. The van der Waals surface area contributed by atoms with E-state index in [1.165, 1.54) is 25.3 Å². The zero-order valence-corrected chi connectivity index (χ0v) is 17.8. The molecule has 0 radical (unpaired) electrons. The van der Waals surface area contributed by atoms with Gasteiger partial charge in [-0.3, -0.25) is 15.0 Å². The summed E-state index contributed by atoms with van der Waals surface area (Å²) < 4.78 is 0. The number of hydrazone groups is 1. The van der Waals surface area contributed by atoms with E-state index in [1.54, 1.807) is 6.08 Å². The first-order valence-corrected chi connectivity index (χ1v) is 11.0. The summed E-state index contributed by atoms with van der Waals surface area (Å²) in [4.78, 5) is 25.6. The van der Waals surface area contributed by atoms with Gasteiger partial charge in [-0.05, 0) is 80.1 Å². The molecule has 4 saturated carbocycles. The van der Waals surface area contributed by atoms with Crippen LogP contribution < -0.4 is 16.5 Å². The number of rotatable bonds is 7. The molecule has 4 aliphatic rings. The number of amides is 1. The third kappa shape index (κ3) is 4.95. The number of nitrogens with zero attached hydrogens (tertiary/aromatic N) is 1. The maximum atomic E-state index is 13.1. The third-order valence-corrected chi connectivity index (χ3v) is 6.67. The van der Waals surface area contributed by atoms with Crippen LogP contribution in [0, 0.1) is 17.8 Å². The number of thiocarbonyl (C=S) groups is 1. The average molecular weight is 425 g/mol. The van der Waals surface area contributed by atoms with Crippen molar-refractivity contribution in [2.75, 3.05) is 0 Å². The van der Waals surface area contributed by atoms with Crippen molar-refractivity contribution in [1.82, 2.24) is 10.7 Å². The molecule has 0 aliphatic heterocycles. The highest BCUT2D eigenvalue weighted by atomic mass is 32.1. The zero-order chi connectivity index (χ0) is 21.1. The molecule has 0 saturated heterocycles. The van der Waals surface area contributed by atoms with Gasteiger partial charge in [-0.1, -0.05) is 36.4 Å². The number of nitrogens with one attached hydrogen (secondary N) is 2. The van der Waals surface area contributed by atoms with Gasteiger partial charge in [0.25, 0.3) is 5.91 Å². The average Bonchev–Trinajstić information content (AvgIpc) is 2.68. The number of benzene rings is 1. The molecule has 5 rings (SSSR count). The molecular formula is C23H28N4O2S. The van der Waals surface area contributed by atoms with Crippen LogP contribution in [0.5, 0.6) is 0 Å². The second-order valence-corrected chi connectivity index (χ2v) is 9.51. The van der Waals surface area contributed by atoms with Gasteiger partial charge in [-0.2, -0.15) is 5.10 Å². The molecule has 0 unspecified atom stereocenters. The molecule has 6 nitrogen and oxygen atoms in total. The lowest BCUT2D eigenvalue weighted by Gasteiger charge is -2.56. The summed E-state index contributed by atoms with van der Waals surface area (Å²) in [5.41, 5.74) is 8.83. The summed E-state index contributed by atoms with van der Waals surface area (Å²) >= 11 is 4.81. The van der Waals surface area contributed by atoms with Crippen LogP contribution in [0.15, 0.2) is 41.5 Å². The van der Waals surface area contributed by atoms with E-state index >= 15 is 0 Å². The van der Waals surface area contributed by atoms with Crippen LogP contribution >= 0.6 is 12.2 Å². The highest BCUT2D eigenvalue weighted by Gasteiger charge is 2.51. The number of hydrogen-bond donors (Lipinski definition) is 3. The van der Waals surface area contributed by atoms with Crippen LogP contribution in [0.2, 0.25) is 0 Å². The highest BCUT2D eigenvalue weighted by Crippen LogP contribution is 2.55. The van der Waals surface area contributed by atoms with E-state index in [4.69, 9.17) is 18.0 Å². The molecule has 158 valence electrons. The lowest BCUT2D eigenvalue weighted by atomic mass is 9.53. The van der Waals surface area contributed by atoms with Gasteiger partial charge >= 0.3 is 0 Å². The van der Waals surface area contributed by atoms with Gasteiger partial charge in [0.2, 0.25) is 0 Å². The smallest absolute Gasteiger partial charge is 0.268 e. The maximum Gasteiger partial charge on any atom is 0.268 e. The predicted octanol–water partition coefficient (Wildman–Crippen LogP) is 2.93. The van der Waals surface area contributed by atoms with Crippen molar-refractivity contribution in [2.45, 2.75) is 50.5 Å². The minimum absolute atomic E-state index is 0.0395. The SMILES string of the molecule is NC(=S)NN=C(CC(=O)C=Cc1ccccc1)C(=O)NC12CC3CC(CC(C3)C1)C2. The fourth-order valence-corrected chi connectivity index (χ4v) is 5.89. The fraction of sp³-hybridized carbons (Fsp3) is 0.478. The minimum atomic E-state index is -0.304. The Balaban J connectivity index is 1.44.